The van der Waals surface area contributed by atoms with Crippen LogP contribution in [0.5, 0.6) is 0 Å². The number of amides is 2. The van der Waals surface area contributed by atoms with Crippen molar-refractivity contribution in [1.82, 2.24) is 4.90 Å². The van der Waals surface area contributed by atoms with Gasteiger partial charge in [-0.05, 0) is 35.8 Å². The third-order valence-electron chi connectivity index (χ3n) is 5.24. The van der Waals surface area contributed by atoms with Crippen LogP contribution in [0, 0.1) is 0 Å². The second-order valence-electron chi connectivity index (χ2n) is 7.99. The molecule has 0 aromatic heterocycles. The van der Waals surface area contributed by atoms with Gasteiger partial charge < -0.3 is 9.80 Å². The lowest BCUT2D eigenvalue weighted by molar-refractivity contribution is -0.131. The minimum atomic E-state index is -0.0665. The van der Waals surface area contributed by atoms with E-state index in [1.807, 2.05) is 4.90 Å². The van der Waals surface area contributed by atoms with Crippen LogP contribution < -0.4 is 4.90 Å². The van der Waals surface area contributed by atoms with Crippen LogP contribution in [0.1, 0.15) is 83.3 Å². The van der Waals surface area contributed by atoms with E-state index >= 15 is 0 Å². The number of benzene rings is 1. The number of para-hydroxylation sites is 1. The first-order valence-corrected chi connectivity index (χ1v) is 10.0. The highest BCUT2D eigenvalue weighted by Gasteiger charge is 2.26. The Hall–Kier alpha value is -1.84. The molecule has 0 aliphatic carbocycles. The Labute approximate surface area is 158 Å². The highest BCUT2D eigenvalue weighted by molar-refractivity contribution is 5.99. The molecule has 0 bridgehead atoms. The lowest BCUT2D eigenvalue weighted by Gasteiger charge is -2.31. The number of hydrogen-bond acceptors (Lipinski definition) is 2. The molecule has 1 heterocycles. The molecular weight excluding hydrogens is 324 g/mol. The van der Waals surface area contributed by atoms with E-state index in [4.69, 9.17) is 0 Å². The molecule has 0 atom stereocenters. The van der Waals surface area contributed by atoms with Gasteiger partial charge in [0.2, 0.25) is 11.8 Å². The predicted molar refractivity (Wildman–Crippen MR) is 108 cm³/mol. The largest absolute Gasteiger partial charge is 0.341 e. The van der Waals surface area contributed by atoms with E-state index in [0.717, 1.165) is 42.7 Å². The van der Waals surface area contributed by atoms with Crippen molar-refractivity contribution in [3.63, 3.8) is 0 Å². The van der Waals surface area contributed by atoms with Gasteiger partial charge in [-0.2, -0.15) is 0 Å². The first kappa shape index (κ1) is 20.5. The number of anilines is 1. The van der Waals surface area contributed by atoms with Gasteiger partial charge in [-0.1, -0.05) is 58.7 Å². The fourth-order valence-electron chi connectivity index (χ4n) is 3.73. The van der Waals surface area contributed by atoms with E-state index in [1.54, 1.807) is 11.8 Å². The Bertz CT molecular complexity index is 603. The molecule has 4 heteroatoms. The van der Waals surface area contributed by atoms with Crippen molar-refractivity contribution >= 4 is 17.5 Å². The molecule has 0 spiro atoms. The van der Waals surface area contributed by atoms with E-state index in [-0.39, 0.29) is 18.4 Å². The second kappa shape index (κ2) is 9.20. The summed E-state index contributed by atoms with van der Waals surface area (Å²) in [5.41, 5.74) is 3.21. The molecule has 4 nitrogen and oxygen atoms in total. The van der Waals surface area contributed by atoms with E-state index in [0.29, 0.717) is 11.8 Å². The average Bonchev–Trinajstić information content (AvgIpc) is 2.87. The van der Waals surface area contributed by atoms with E-state index in [9.17, 15) is 9.59 Å². The van der Waals surface area contributed by atoms with Crippen molar-refractivity contribution < 1.29 is 9.59 Å². The zero-order chi connectivity index (χ0) is 19.3. The first-order chi connectivity index (χ1) is 12.3. The van der Waals surface area contributed by atoms with Gasteiger partial charge in [-0.15, -0.1) is 0 Å². The van der Waals surface area contributed by atoms with Crippen molar-refractivity contribution in [2.75, 3.05) is 24.5 Å². The fraction of sp³-hybridized carbons (Fsp3) is 0.636. The number of nitrogens with zero attached hydrogens (tertiary/aromatic N) is 2. The second-order valence-corrected chi connectivity index (χ2v) is 7.99. The summed E-state index contributed by atoms with van der Waals surface area (Å²) in [6.45, 7) is 11.9. The molecular formula is C22H34N2O2. The highest BCUT2D eigenvalue weighted by Crippen LogP contribution is 2.35. The van der Waals surface area contributed by atoms with Gasteiger partial charge in [-0.25, -0.2) is 0 Å². The topological polar surface area (TPSA) is 40.6 Å². The average molecular weight is 359 g/mol. The molecule has 0 saturated carbocycles. The van der Waals surface area contributed by atoms with Gasteiger partial charge >= 0.3 is 0 Å². The minimum absolute atomic E-state index is 0.0652. The molecule has 26 heavy (non-hydrogen) atoms. The van der Waals surface area contributed by atoms with Gasteiger partial charge in [0.25, 0.3) is 0 Å². The molecule has 1 aromatic carbocycles. The molecule has 1 saturated heterocycles. The van der Waals surface area contributed by atoms with Crippen molar-refractivity contribution in [2.45, 2.75) is 72.1 Å². The van der Waals surface area contributed by atoms with Crippen LogP contribution in [0.4, 0.5) is 5.69 Å². The molecule has 2 amide bonds. The normalized spacial score (nSPS) is 15.3. The predicted octanol–water partition coefficient (Wildman–Crippen LogP) is 4.69. The SMILES string of the molecule is CC(=O)N(CC(=O)N1CCCCCC1)c1c(C(C)C)cccc1C(C)C. The van der Waals surface area contributed by atoms with Crippen molar-refractivity contribution in [2.24, 2.45) is 0 Å². The maximum atomic E-state index is 12.9. The van der Waals surface area contributed by atoms with Crippen LogP contribution in [-0.4, -0.2) is 36.3 Å². The number of carbonyl (C=O) groups excluding carboxylic acids is 2. The summed E-state index contributed by atoms with van der Waals surface area (Å²) in [5.74, 6) is 0.580. The smallest absolute Gasteiger partial charge is 0.242 e. The van der Waals surface area contributed by atoms with Crippen molar-refractivity contribution in [3.05, 3.63) is 29.3 Å². The molecule has 1 aliphatic heterocycles. The standard InChI is InChI=1S/C22H34N2O2/c1-16(2)19-11-10-12-20(17(3)4)22(19)24(18(5)25)15-21(26)23-13-8-6-7-9-14-23/h10-12,16-17H,6-9,13-15H2,1-5H3. The van der Waals surface area contributed by atoms with Crippen LogP contribution in [0.25, 0.3) is 0 Å². The molecule has 1 fully saturated rings. The lowest BCUT2D eigenvalue weighted by atomic mass is 9.91. The molecule has 1 aliphatic rings. The Morgan fingerprint density at radius 1 is 0.962 bits per heavy atom. The number of rotatable bonds is 5. The summed E-state index contributed by atoms with van der Waals surface area (Å²) in [4.78, 5) is 29.1. The van der Waals surface area contributed by atoms with E-state index in [2.05, 4.69) is 45.9 Å². The van der Waals surface area contributed by atoms with Crippen molar-refractivity contribution in [1.29, 1.82) is 0 Å². The Kier molecular flexibility index (Phi) is 7.24. The number of likely N-dealkylation sites (tertiary alicyclic amines) is 1. The van der Waals surface area contributed by atoms with Crippen LogP contribution in [0.3, 0.4) is 0 Å². The minimum Gasteiger partial charge on any atom is -0.341 e. The van der Waals surface area contributed by atoms with E-state index in [1.165, 1.54) is 12.8 Å². The lowest BCUT2D eigenvalue weighted by Crippen LogP contribution is -2.43. The van der Waals surface area contributed by atoms with Crippen molar-refractivity contribution in [3.8, 4) is 0 Å². The van der Waals surface area contributed by atoms with Crippen LogP contribution in [0.15, 0.2) is 18.2 Å². The van der Waals surface area contributed by atoms with Gasteiger partial charge in [-0.3, -0.25) is 9.59 Å². The summed E-state index contributed by atoms with van der Waals surface area (Å²) in [6.07, 6.45) is 4.50. The maximum Gasteiger partial charge on any atom is 0.242 e. The molecule has 1 aromatic rings. The Morgan fingerprint density at radius 2 is 1.46 bits per heavy atom. The summed E-state index contributed by atoms with van der Waals surface area (Å²) >= 11 is 0. The monoisotopic (exact) mass is 358 g/mol. The zero-order valence-electron chi connectivity index (χ0n) is 17.0. The molecule has 0 unspecified atom stereocenters. The van der Waals surface area contributed by atoms with Gasteiger partial charge in [0.05, 0.1) is 5.69 Å². The molecule has 0 radical (unpaired) electrons. The summed E-state index contributed by atoms with van der Waals surface area (Å²) in [7, 11) is 0. The van der Waals surface area contributed by atoms with Gasteiger partial charge in [0.15, 0.2) is 0 Å². The summed E-state index contributed by atoms with van der Waals surface area (Å²) < 4.78 is 0. The number of hydrogen-bond donors (Lipinski definition) is 0. The Balaban J connectivity index is 2.37. The summed E-state index contributed by atoms with van der Waals surface area (Å²) in [6, 6.07) is 6.22. The van der Waals surface area contributed by atoms with Crippen LogP contribution >= 0.6 is 0 Å². The molecule has 2 rings (SSSR count). The number of carbonyl (C=O) groups is 2. The van der Waals surface area contributed by atoms with Crippen LogP contribution in [0.2, 0.25) is 0 Å². The third kappa shape index (κ3) is 4.87. The van der Waals surface area contributed by atoms with Gasteiger partial charge in [0, 0.05) is 20.0 Å². The molecule has 0 N–H and O–H groups in total. The third-order valence-corrected chi connectivity index (χ3v) is 5.24. The quantitative estimate of drug-likeness (QED) is 0.766. The first-order valence-electron chi connectivity index (χ1n) is 10.0. The Morgan fingerprint density at radius 3 is 1.88 bits per heavy atom. The zero-order valence-corrected chi connectivity index (χ0v) is 17.0. The van der Waals surface area contributed by atoms with Gasteiger partial charge in [0.1, 0.15) is 6.54 Å². The molecule has 144 valence electrons. The van der Waals surface area contributed by atoms with Crippen LogP contribution in [-0.2, 0) is 9.59 Å². The highest BCUT2D eigenvalue weighted by atomic mass is 16.2. The summed E-state index contributed by atoms with van der Waals surface area (Å²) in [5, 5.41) is 0. The van der Waals surface area contributed by atoms with E-state index < -0.39 is 0 Å². The maximum absolute atomic E-state index is 12.9. The fourth-order valence-corrected chi connectivity index (χ4v) is 3.73.